The summed E-state index contributed by atoms with van der Waals surface area (Å²) in [6.07, 6.45) is 3.91. The second-order valence-corrected chi connectivity index (χ2v) is 9.03. The van der Waals surface area contributed by atoms with Crippen molar-refractivity contribution in [3.8, 4) is 11.4 Å². The van der Waals surface area contributed by atoms with Crippen LogP contribution in [0.5, 0.6) is 0 Å². The molecule has 0 radical (unpaired) electrons. The van der Waals surface area contributed by atoms with Crippen LogP contribution >= 0.6 is 0 Å². The SMILES string of the molecule is Cn1nnnc1-c1cccc(S(=O)(=O)N2C(C(=O)O)CC3CCCCC32)c1. The maximum absolute atomic E-state index is 13.4. The number of aromatic nitrogens is 4. The number of carboxylic acid groups (broad SMARTS) is 1. The molecule has 0 amide bonds. The zero-order valence-corrected chi connectivity index (χ0v) is 15.7. The van der Waals surface area contributed by atoms with E-state index in [0.29, 0.717) is 24.2 Å². The Morgan fingerprint density at radius 1 is 1.26 bits per heavy atom. The van der Waals surface area contributed by atoms with Crippen molar-refractivity contribution < 1.29 is 18.3 Å². The van der Waals surface area contributed by atoms with Crippen LogP contribution in [0.3, 0.4) is 0 Å². The molecule has 1 aromatic carbocycles. The Balaban J connectivity index is 1.76. The molecule has 2 fully saturated rings. The summed E-state index contributed by atoms with van der Waals surface area (Å²) >= 11 is 0. The number of hydrogen-bond donors (Lipinski definition) is 1. The maximum Gasteiger partial charge on any atom is 0.322 e. The molecule has 1 N–H and O–H groups in total. The lowest BCUT2D eigenvalue weighted by atomic mass is 9.85. The minimum Gasteiger partial charge on any atom is -0.480 e. The van der Waals surface area contributed by atoms with Crippen molar-refractivity contribution in [1.29, 1.82) is 0 Å². The van der Waals surface area contributed by atoms with Crippen LogP contribution in [0.2, 0.25) is 0 Å². The van der Waals surface area contributed by atoms with Gasteiger partial charge in [-0.3, -0.25) is 4.79 Å². The average Bonchev–Trinajstić information content (AvgIpc) is 3.25. The van der Waals surface area contributed by atoms with Gasteiger partial charge in [-0.2, -0.15) is 4.31 Å². The molecule has 3 unspecified atom stereocenters. The average molecular weight is 391 g/mol. The number of sulfonamides is 1. The summed E-state index contributed by atoms with van der Waals surface area (Å²) in [5.74, 6) is -0.527. The van der Waals surface area contributed by atoms with Crippen molar-refractivity contribution in [2.75, 3.05) is 0 Å². The van der Waals surface area contributed by atoms with Gasteiger partial charge >= 0.3 is 5.97 Å². The number of hydrogen-bond acceptors (Lipinski definition) is 6. The first-order chi connectivity index (χ1) is 12.9. The summed E-state index contributed by atoms with van der Waals surface area (Å²) in [7, 11) is -2.28. The van der Waals surface area contributed by atoms with Gasteiger partial charge < -0.3 is 5.11 Å². The molecule has 2 aromatic rings. The normalized spacial score (nSPS) is 26.0. The lowest BCUT2D eigenvalue weighted by Crippen LogP contribution is -2.46. The van der Waals surface area contributed by atoms with E-state index in [4.69, 9.17) is 0 Å². The molecule has 4 rings (SSSR count). The van der Waals surface area contributed by atoms with Crippen molar-refractivity contribution in [3.63, 3.8) is 0 Å². The Bertz CT molecular complexity index is 973. The summed E-state index contributed by atoms with van der Waals surface area (Å²) < 4.78 is 29.5. The van der Waals surface area contributed by atoms with Crippen LogP contribution < -0.4 is 0 Å². The van der Waals surface area contributed by atoms with Gasteiger partial charge in [-0.15, -0.1) is 5.10 Å². The van der Waals surface area contributed by atoms with Crippen molar-refractivity contribution in [3.05, 3.63) is 24.3 Å². The van der Waals surface area contributed by atoms with Gasteiger partial charge in [0.2, 0.25) is 10.0 Å². The zero-order valence-electron chi connectivity index (χ0n) is 14.9. The molecule has 3 atom stereocenters. The van der Waals surface area contributed by atoms with Gasteiger partial charge in [0.05, 0.1) is 4.90 Å². The molecule has 27 heavy (non-hydrogen) atoms. The minimum atomic E-state index is -3.96. The Hall–Kier alpha value is -2.33. The molecule has 1 aliphatic carbocycles. The molecule has 10 heteroatoms. The first kappa shape index (κ1) is 18.1. The van der Waals surface area contributed by atoms with Crippen molar-refractivity contribution in [2.24, 2.45) is 13.0 Å². The summed E-state index contributed by atoms with van der Waals surface area (Å²) in [5, 5.41) is 20.9. The van der Waals surface area contributed by atoms with E-state index in [1.165, 1.54) is 21.1 Å². The van der Waals surface area contributed by atoms with E-state index in [2.05, 4.69) is 15.5 Å². The van der Waals surface area contributed by atoms with Crippen LogP contribution in [0, 0.1) is 5.92 Å². The van der Waals surface area contributed by atoms with Crippen LogP contribution in [0.4, 0.5) is 0 Å². The molecule has 1 saturated carbocycles. The Morgan fingerprint density at radius 2 is 2.04 bits per heavy atom. The number of carboxylic acids is 1. The lowest BCUT2D eigenvalue weighted by Gasteiger charge is -2.32. The standard InChI is InChI=1S/C17H21N5O4S/c1-21-16(18-19-20-21)12-6-4-7-13(9-12)27(25,26)22-14-8-3-2-5-11(14)10-15(22)17(23)24/h4,6-7,9,11,14-15H,2-3,5,8,10H2,1H3,(H,23,24). The van der Waals surface area contributed by atoms with Gasteiger partial charge in [0, 0.05) is 18.7 Å². The highest BCUT2D eigenvalue weighted by Crippen LogP contribution is 2.43. The number of carbonyl (C=O) groups is 1. The zero-order chi connectivity index (χ0) is 19.2. The lowest BCUT2D eigenvalue weighted by molar-refractivity contribution is -0.141. The molecule has 144 valence electrons. The molecule has 2 heterocycles. The maximum atomic E-state index is 13.4. The van der Waals surface area contributed by atoms with Gasteiger partial charge in [-0.25, -0.2) is 13.1 Å². The Morgan fingerprint density at radius 3 is 2.74 bits per heavy atom. The van der Waals surface area contributed by atoms with Crippen LogP contribution in [-0.2, 0) is 21.9 Å². The topological polar surface area (TPSA) is 118 Å². The van der Waals surface area contributed by atoms with Crippen molar-refractivity contribution >= 4 is 16.0 Å². The van der Waals surface area contributed by atoms with Crippen LogP contribution in [0.1, 0.15) is 32.1 Å². The molecule has 2 aliphatic rings. The fraction of sp³-hybridized carbons (Fsp3) is 0.529. The number of fused-ring (bicyclic) bond motifs is 1. The Kier molecular flexibility index (Phi) is 4.47. The van der Waals surface area contributed by atoms with E-state index in [1.54, 1.807) is 19.2 Å². The second kappa shape index (κ2) is 6.68. The van der Waals surface area contributed by atoms with Crippen LogP contribution in [-0.4, -0.2) is 56.1 Å². The highest BCUT2D eigenvalue weighted by Gasteiger charge is 2.51. The largest absolute Gasteiger partial charge is 0.480 e. The first-order valence-corrected chi connectivity index (χ1v) is 10.4. The number of aryl methyl sites for hydroxylation is 1. The van der Waals surface area contributed by atoms with Crippen LogP contribution in [0.15, 0.2) is 29.2 Å². The third-order valence-corrected chi connectivity index (χ3v) is 7.53. The van der Waals surface area contributed by atoms with E-state index in [1.807, 2.05) is 0 Å². The van der Waals surface area contributed by atoms with Crippen molar-refractivity contribution in [2.45, 2.75) is 49.1 Å². The monoisotopic (exact) mass is 391 g/mol. The highest BCUT2D eigenvalue weighted by atomic mass is 32.2. The number of rotatable bonds is 4. The fourth-order valence-electron chi connectivity index (χ4n) is 4.37. The molecule has 0 spiro atoms. The third-order valence-electron chi connectivity index (χ3n) is 5.60. The van der Waals surface area contributed by atoms with E-state index in [-0.39, 0.29) is 16.9 Å². The molecular weight excluding hydrogens is 370 g/mol. The molecular formula is C17H21N5O4S. The predicted octanol–water partition coefficient (Wildman–Crippen LogP) is 1.28. The quantitative estimate of drug-likeness (QED) is 0.834. The minimum absolute atomic E-state index is 0.0699. The number of nitrogens with zero attached hydrogens (tertiary/aromatic N) is 5. The predicted molar refractivity (Wildman–Crippen MR) is 95.0 cm³/mol. The van der Waals surface area contributed by atoms with Gasteiger partial charge in [0.15, 0.2) is 5.82 Å². The van der Waals surface area contributed by atoms with Gasteiger partial charge in [0.25, 0.3) is 0 Å². The highest BCUT2D eigenvalue weighted by molar-refractivity contribution is 7.89. The van der Waals surface area contributed by atoms with E-state index in [9.17, 15) is 18.3 Å². The summed E-state index contributed by atoms with van der Waals surface area (Å²) in [5.41, 5.74) is 0.565. The summed E-state index contributed by atoms with van der Waals surface area (Å²) in [6.45, 7) is 0. The molecule has 9 nitrogen and oxygen atoms in total. The van der Waals surface area contributed by atoms with Crippen LogP contribution in [0.25, 0.3) is 11.4 Å². The van der Waals surface area contributed by atoms with Crippen molar-refractivity contribution in [1.82, 2.24) is 24.5 Å². The van der Waals surface area contributed by atoms with E-state index >= 15 is 0 Å². The molecule has 0 bridgehead atoms. The fourth-order valence-corrected chi connectivity index (χ4v) is 6.28. The smallest absolute Gasteiger partial charge is 0.322 e. The molecule has 1 saturated heterocycles. The second-order valence-electron chi connectivity index (χ2n) is 7.19. The van der Waals surface area contributed by atoms with Gasteiger partial charge in [-0.1, -0.05) is 25.0 Å². The van der Waals surface area contributed by atoms with Gasteiger partial charge in [0.1, 0.15) is 6.04 Å². The van der Waals surface area contributed by atoms with E-state index in [0.717, 1.165) is 19.3 Å². The first-order valence-electron chi connectivity index (χ1n) is 8.98. The van der Waals surface area contributed by atoms with Gasteiger partial charge in [-0.05, 0) is 47.7 Å². The Labute approximate surface area is 157 Å². The summed E-state index contributed by atoms with van der Waals surface area (Å²) in [4.78, 5) is 11.9. The summed E-state index contributed by atoms with van der Waals surface area (Å²) in [6, 6.07) is 5.11. The molecule has 1 aliphatic heterocycles. The molecule has 1 aromatic heterocycles. The number of benzene rings is 1. The number of tetrazole rings is 1. The third kappa shape index (κ3) is 3.02. The number of aliphatic carboxylic acids is 1. The van der Waals surface area contributed by atoms with E-state index < -0.39 is 22.0 Å².